The van der Waals surface area contributed by atoms with Gasteiger partial charge in [-0.1, -0.05) is 24.3 Å². The number of hydrogen-bond acceptors (Lipinski definition) is 4. The van der Waals surface area contributed by atoms with E-state index in [9.17, 15) is 14.9 Å². The lowest BCUT2D eigenvalue weighted by molar-refractivity contribution is -0.385. The van der Waals surface area contributed by atoms with Crippen LogP contribution >= 0.6 is 0 Å². The van der Waals surface area contributed by atoms with Crippen molar-refractivity contribution in [1.82, 2.24) is 9.78 Å². The van der Waals surface area contributed by atoms with E-state index >= 15 is 0 Å². The third kappa shape index (κ3) is 3.60. The molecule has 0 fully saturated rings. The molecular formula is C17H17N3O3. The largest absolute Gasteiger partial charge is 0.289 e. The van der Waals surface area contributed by atoms with Gasteiger partial charge in [0.1, 0.15) is 0 Å². The third-order valence-corrected chi connectivity index (χ3v) is 3.52. The van der Waals surface area contributed by atoms with Crippen LogP contribution in [0.4, 0.5) is 5.69 Å². The van der Waals surface area contributed by atoms with Gasteiger partial charge in [-0.3, -0.25) is 19.6 Å². The molecule has 6 nitrogen and oxygen atoms in total. The van der Waals surface area contributed by atoms with Crippen molar-refractivity contribution in [3.8, 4) is 0 Å². The van der Waals surface area contributed by atoms with E-state index in [0.29, 0.717) is 16.8 Å². The van der Waals surface area contributed by atoms with E-state index in [4.69, 9.17) is 0 Å². The molecule has 0 unspecified atom stereocenters. The molecule has 0 amide bonds. The summed E-state index contributed by atoms with van der Waals surface area (Å²) in [6.45, 7) is 3.63. The van der Waals surface area contributed by atoms with Crippen molar-refractivity contribution in [2.45, 2.75) is 13.8 Å². The Morgan fingerprint density at radius 2 is 1.96 bits per heavy atom. The van der Waals surface area contributed by atoms with Gasteiger partial charge in [0, 0.05) is 18.8 Å². The first-order valence-electron chi connectivity index (χ1n) is 7.04. The molecule has 0 saturated heterocycles. The lowest BCUT2D eigenvalue weighted by Crippen LogP contribution is -1.99. The lowest BCUT2D eigenvalue weighted by Gasteiger charge is -1.96. The number of carbonyl (C=O) groups excluding carboxylic acids is 1. The molecule has 0 aliphatic heterocycles. The fourth-order valence-electron chi connectivity index (χ4n) is 2.31. The Hall–Kier alpha value is -3.02. The average molecular weight is 311 g/mol. The summed E-state index contributed by atoms with van der Waals surface area (Å²) in [7, 11) is 1.79. The van der Waals surface area contributed by atoms with Gasteiger partial charge in [0.15, 0.2) is 5.78 Å². The van der Waals surface area contributed by atoms with Crippen molar-refractivity contribution in [3.05, 3.63) is 75.1 Å². The number of nitro benzene ring substituents is 1. The molecule has 0 saturated carbocycles. The summed E-state index contributed by atoms with van der Waals surface area (Å²) in [4.78, 5) is 22.7. The van der Waals surface area contributed by atoms with E-state index in [-0.39, 0.29) is 11.5 Å². The molecule has 0 aliphatic carbocycles. The summed E-state index contributed by atoms with van der Waals surface area (Å²) < 4.78 is 1.67. The first-order chi connectivity index (χ1) is 10.9. The van der Waals surface area contributed by atoms with Crippen LogP contribution in [-0.4, -0.2) is 20.5 Å². The molecule has 6 heteroatoms. The van der Waals surface area contributed by atoms with E-state index in [1.54, 1.807) is 55.1 Å². The molecular weight excluding hydrogens is 294 g/mol. The molecule has 1 aromatic heterocycles. The van der Waals surface area contributed by atoms with Crippen LogP contribution in [-0.2, 0) is 7.05 Å². The molecule has 0 atom stereocenters. The summed E-state index contributed by atoms with van der Waals surface area (Å²) in [5, 5.41) is 15.1. The number of nitrogens with zero attached hydrogens (tertiary/aromatic N) is 3. The highest BCUT2D eigenvalue weighted by molar-refractivity contribution is 6.06. The van der Waals surface area contributed by atoms with Crippen LogP contribution < -0.4 is 0 Å². The highest BCUT2D eigenvalue weighted by Crippen LogP contribution is 2.19. The smallest absolute Gasteiger partial charge is 0.276 e. The lowest BCUT2D eigenvalue weighted by atomic mass is 10.1. The van der Waals surface area contributed by atoms with Crippen LogP contribution in [0.15, 0.2) is 42.5 Å². The van der Waals surface area contributed by atoms with Crippen LogP contribution in [0.5, 0.6) is 0 Å². The minimum Gasteiger partial charge on any atom is -0.289 e. The van der Waals surface area contributed by atoms with Crippen LogP contribution in [0.25, 0.3) is 6.08 Å². The zero-order valence-electron chi connectivity index (χ0n) is 13.2. The zero-order valence-corrected chi connectivity index (χ0v) is 13.2. The number of aromatic nitrogens is 2. The molecule has 2 aromatic rings. The highest BCUT2D eigenvalue weighted by Gasteiger charge is 2.14. The van der Waals surface area contributed by atoms with Crippen LogP contribution in [0, 0.1) is 24.0 Å². The number of para-hydroxylation sites is 1. The molecule has 1 heterocycles. The van der Waals surface area contributed by atoms with E-state index in [1.165, 1.54) is 12.1 Å². The molecule has 23 heavy (non-hydrogen) atoms. The zero-order chi connectivity index (χ0) is 17.0. The van der Waals surface area contributed by atoms with Crippen molar-refractivity contribution in [2.24, 2.45) is 7.05 Å². The third-order valence-electron chi connectivity index (χ3n) is 3.52. The Kier molecular flexibility index (Phi) is 4.85. The summed E-state index contributed by atoms with van der Waals surface area (Å²) in [5.41, 5.74) is 2.59. The molecule has 2 rings (SSSR count). The molecule has 1 aromatic carbocycles. The number of hydrogen-bond donors (Lipinski definition) is 0. The van der Waals surface area contributed by atoms with Crippen molar-refractivity contribution in [1.29, 1.82) is 0 Å². The highest BCUT2D eigenvalue weighted by atomic mass is 16.6. The molecule has 0 N–H and O–H groups in total. The minimum atomic E-state index is -0.434. The summed E-state index contributed by atoms with van der Waals surface area (Å²) >= 11 is 0. The second-order valence-electron chi connectivity index (χ2n) is 5.07. The Bertz CT molecular complexity index is 816. The van der Waals surface area contributed by atoms with E-state index in [1.807, 2.05) is 6.92 Å². The van der Waals surface area contributed by atoms with Gasteiger partial charge < -0.3 is 0 Å². The van der Waals surface area contributed by atoms with E-state index in [2.05, 4.69) is 5.10 Å². The predicted molar refractivity (Wildman–Crippen MR) is 88.3 cm³/mol. The van der Waals surface area contributed by atoms with Gasteiger partial charge in [-0.05, 0) is 32.1 Å². The first kappa shape index (κ1) is 16.4. The number of carbonyl (C=O) groups is 1. The minimum absolute atomic E-state index is 0.0300. The van der Waals surface area contributed by atoms with Gasteiger partial charge in [-0.15, -0.1) is 0 Å². The SMILES string of the molecule is Cc1nn(C)c(C)c1C(=O)/C=C/C=C/c1ccccc1[N+](=O)[O-]. The number of ketones is 1. The predicted octanol–water partition coefficient (Wildman–Crippen LogP) is 3.40. The monoisotopic (exact) mass is 311 g/mol. The Morgan fingerprint density at radius 1 is 1.26 bits per heavy atom. The van der Waals surface area contributed by atoms with Gasteiger partial charge in [-0.2, -0.15) is 5.10 Å². The standard InChI is InChI=1S/C17H17N3O3/c1-12-17(13(2)19(3)18-12)16(21)11-7-5-9-14-8-4-6-10-15(14)20(22)23/h4-11H,1-3H3/b9-5+,11-7+. The fraction of sp³-hybridized carbons (Fsp3) is 0.176. The van der Waals surface area contributed by atoms with E-state index in [0.717, 1.165) is 5.69 Å². The normalized spacial score (nSPS) is 11.4. The van der Waals surface area contributed by atoms with Gasteiger partial charge in [0.2, 0.25) is 0 Å². The number of allylic oxidation sites excluding steroid dienone is 3. The van der Waals surface area contributed by atoms with Crippen LogP contribution in [0.2, 0.25) is 0 Å². The topological polar surface area (TPSA) is 78.0 Å². The summed E-state index contributed by atoms with van der Waals surface area (Å²) in [6.07, 6.45) is 6.22. The van der Waals surface area contributed by atoms with Crippen molar-refractivity contribution in [2.75, 3.05) is 0 Å². The van der Waals surface area contributed by atoms with Gasteiger partial charge in [0.05, 0.1) is 21.7 Å². The molecule has 0 spiro atoms. The first-order valence-corrected chi connectivity index (χ1v) is 7.04. The second kappa shape index (κ2) is 6.83. The second-order valence-corrected chi connectivity index (χ2v) is 5.07. The Labute approximate surface area is 133 Å². The summed E-state index contributed by atoms with van der Waals surface area (Å²) in [6, 6.07) is 6.43. The maximum absolute atomic E-state index is 12.2. The molecule has 0 aliphatic rings. The number of rotatable bonds is 5. The number of nitro groups is 1. The number of aryl methyl sites for hydroxylation is 2. The van der Waals surface area contributed by atoms with Crippen LogP contribution in [0.3, 0.4) is 0 Å². The molecule has 118 valence electrons. The van der Waals surface area contributed by atoms with E-state index < -0.39 is 4.92 Å². The molecule has 0 bridgehead atoms. The van der Waals surface area contributed by atoms with Gasteiger partial charge in [-0.25, -0.2) is 0 Å². The van der Waals surface area contributed by atoms with Gasteiger partial charge >= 0.3 is 0 Å². The average Bonchev–Trinajstić information content (AvgIpc) is 2.76. The molecule has 0 radical (unpaired) electrons. The summed E-state index contributed by atoms with van der Waals surface area (Å²) in [5.74, 6) is -0.139. The maximum Gasteiger partial charge on any atom is 0.276 e. The number of benzene rings is 1. The van der Waals surface area contributed by atoms with Crippen molar-refractivity contribution >= 4 is 17.5 Å². The van der Waals surface area contributed by atoms with Gasteiger partial charge in [0.25, 0.3) is 5.69 Å². The van der Waals surface area contributed by atoms with Crippen LogP contribution in [0.1, 0.15) is 27.3 Å². The Morgan fingerprint density at radius 3 is 2.57 bits per heavy atom. The van der Waals surface area contributed by atoms with Crippen molar-refractivity contribution in [3.63, 3.8) is 0 Å². The fourth-order valence-corrected chi connectivity index (χ4v) is 2.31. The Balaban J connectivity index is 2.16. The maximum atomic E-state index is 12.2. The van der Waals surface area contributed by atoms with Crippen molar-refractivity contribution < 1.29 is 9.72 Å². The quantitative estimate of drug-likeness (QED) is 0.279.